The first kappa shape index (κ1) is 17.7. The first-order valence-electron chi connectivity index (χ1n) is 7.20. The van der Waals surface area contributed by atoms with E-state index in [2.05, 4.69) is 0 Å². The number of hydrogen-bond donors (Lipinski definition) is 0. The van der Waals surface area contributed by atoms with Crippen LogP contribution in [0.5, 0.6) is 0 Å². The fourth-order valence-electron chi connectivity index (χ4n) is 2.02. The SMILES string of the molecule is COC(=O)c1sccc1-c1ccc(C=C(C#N)C(=O)C(C)(C)C)o1. The summed E-state index contributed by atoms with van der Waals surface area (Å²) in [5, 5.41) is 11.0. The number of esters is 1. The van der Waals surface area contributed by atoms with E-state index in [4.69, 9.17) is 9.15 Å². The van der Waals surface area contributed by atoms with Crippen molar-refractivity contribution in [2.24, 2.45) is 5.41 Å². The van der Waals surface area contributed by atoms with E-state index < -0.39 is 11.4 Å². The molecule has 0 aromatic carbocycles. The Morgan fingerprint density at radius 1 is 1.29 bits per heavy atom. The molecule has 0 aliphatic carbocycles. The lowest BCUT2D eigenvalue weighted by molar-refractivity contribution is -0.121. The molecule has 0 bridgehead atoms. The van der Waals surface area contributed by atoms with Crippen LogP contribution in [0.15, 0.2) is 33.6 Å². The summed E-state index contributed by atoms with van der Waals surface area (Å²) < 4.78 is 10.4. The third kappa shape index (κ3) is 3.63. The van der Waals surface area contributed by atoms with Crippen molar-refractivity contribution in [1.82, 2.24) is 0 Å². The summed E-state index contributed by atoms with van der Waals surface area (Å²) in [4.78, 5) is 24.4. The lowest BCUT2D eigenvalue weighted by atomic mass is 9.86. The smallest absolute Gasteiger partial charge is 0.348 e. The molecule has 124 valence electrons. The highest BCUT2D eigenvalue weighted by atomic mass is 32.1. The molecule has 2 aromatic heterocycles. The number of carbonyl (C=O) groups excluding carboxylic acids is 2. The van der Waals surface area contributed by atoms with Crippen molar-refractivity contribution < 1.29 is 18.7 Å². The minimum Gasteiger partial charge on any atom is -0.465 e. The highest BCUT2D eigenvalue weighted by Crippen LogP contribution is 2.31. The molecular formula is C18H17NO4S. The van der Waals surface area contributed by atoms with Crippen LogP contribution in [0.25, 0.3) is 17.4 Å². The Labute approximate surface area is 144 Å². The molecule has 0 radical (unpaired) electrons. The van der Waals surface area contributed by atoms with Gasteiger partial charge in [-0.15, -0.1) is 11.3 Å². The number of carbonyl (C=O) groups is 2. The number of Topliss-reactive ketones (excluding diaryl/α,β-unsaturated/α-hetero) is 1. The molecule has 0 fully saturated rings. The van der Waals surface area contributed by atoms with Crippen molar-refractivity contribution in [3.05, 3.63) is 39.8 Å². The highest BCUT2D eigenvalue weighted by molar-refractivity contribution is 7.12. The van der Waals surface area contributed by atoms with Gasteiger partial charge >= 0.3 is 5.97 Å². The molecule has 0 N–H and O–H groups in total. The summed E-state index contributed by atoms with van der Waals surface area (Å²) in [5.41, 5.74) is -0.00312. The minimum atomic E-state index is -0.650. The maximum atomic E-state index is 12.2. The number of thiophene rings is 1. The second kappa shape index (κ2) is 6.85. The van der Waals surface area contributed by atoms with Crippen molar-refractivity contribution in [2.75, 3.05) is 7.11 Å². The standard InChI is InChI=1S/C18H17NO4S/c1-18(2,3)16(20)11(10-19)9-12-5-6-14(23-12)13-7-8-24-15(13)17(21)22-4/h5-9H,1-4H3. The van der Waals surface area contributed by atoms with E-state index in [1.807, 2.05) is 6.07 Å². The number of nitriles is 1. The van der Waals surface area contributed by atoms with Gasteiger partial charge in [0.25, 0.3) is 0 Å². The first-order chi connectivity index (χ1) is 11.3. The van der Waals surface area contributed by atoms with E-state index in [1.165, 1.54) is 24.5 Å². The molecule has 0 atom stereocenters. The molecule has 0 amide bonds. The number of nitrogens with zero attached hydrogens (tertiary/aromatic N) is 1. The average molecular weight is 343 g/mol. The predicted molar refractivity (Wildman–Crippen MR) is 91.4 cm³/mol. The molecule has 2 rings (SSSR count). The Morgan fingerprint density at radius 3 is 2.58 bits per heavy atom. The molecule has 0 unspecified atom stereocenters. The predicted octanol–water partition coefficient (Wildman–Crippen LogP) is 4.32. The van der Waals surface area contributed by atoms with Crippen LogP contribution in [0, 0.1) is 16.7 Å². The normalized spacial score (nSPS) is 11.9. The molecule has 2 heterocycles. The number of allylic oxidation sites excluding steroid dienone is 1. The summed E-state index contributed by atoms with van der Waals surface area (Å²) in [6, 6.07) is 7.02. The number of furan rings is 1. The second-order valence-corrected chi connectivity index (χ2v) is 7.02. The van der Waals surface area contributed by atoms with Crippen LogP contribution < -0.4 is 0 Å². The molecule has 0 saturated heterocycles. The highest BCUT2D eigenvalue weighted by Gasteiger charge is 2.25. The third-order valence-electron chi connectivity index (χ3n) is 3.26. The summed E-state index contributed by atoms with van der Waals surface area (Å²) >= 11 is 1.26. The Balaban J connectivity index is 2.37. The molecule has 0 aliphatic rings. The Morgan fingerprint density at radius 2 is 2.00 bits per heavy atom. The summed E-state index contributed by atoms with van der Waals surface area (Å²) in [7, 11) is 1.32. The van der Waals surface area contributed by atoms with Crippen molar-refractivity contribution in [1.29, 1.82) is 5.26 Å². The zero-order valence-electron chi connectivity index (χ0n) is 13.9. The molecule has 6 heteroatoms. The number of ether oxygens (including phenoxy) is 1. The van der Waals surface area contributed by atoms with Crippen LogP contribution in [-0.2, 0) is 9.53 Å². The van der Waals surface area contributed by atoms with Crippen LogP contribution in [0.4, 0.5) is 0 Å². The number of methoxy groups -OCH3 is 1. The Kier molecular flexibility index (Phi) is 5.05. The second-order valence-electron chi connectivity index (χ2n) is 6.11. The maximum Gasteiger partial charge on any atom is 0.348 e. The molecule has 0 spiro atoms. The van der Waals surface area contributed by atoms with E-state index in [0.29, 0.717) is 22.0 Å². The molecule has 24 heavy (non-hydrogen) atoms. The largest absolute Gasteiger partial charge is 0.465 e. The Bertz CT molecular complexity index is 843. The van der Waals surface area contributed by atoms with Gasteiger partial charge in [0, 0.05) is 17.1 Å². The van der Waals surface area contributed by atoms with E-state index >= 15 is 0 Å². The zero-order valence-corrected chi connectivity index (χ0v) is 14.7. The van der Waals surface area contributed by atoms with E-state index in [1.54, 1.807) is 44.4 Å². The van der Waals surface area contributed by atoms with E-state index in [9.17, 15) is 14.9 Å². The van der Waals surface area contributed by atoms with Gasteiger partial charge in [-0.25, -0.2) is 4.79 Å². The number of ketones is 1. The lowest BCUT2D eigenvalue weighted by Crippen LogP contribution is -2.21. The maximum absolute atomic E-state index is 12.2. The van der Waals surface area contributed by atoms with Crippen LogP contribution in [0.2, 0.25) is 0 Å². The summed E-state index contributed by atoms with van der Waals surface area (Å²) in [5.74, 6) is 0.160. The molecular weight excluding hydrogens is 326 g/mol. The quantitative estimate of drug-likeness (QED) is 0.469. The van der Waals surface area contributed by atoms with Gasteiger partial charge in [-0.05, 0) is 23.6 Å². The van der Waals surface area contributed by atoms with Gasteiger partial charge in [0.1, 0.15) is 22.5 Å². The van der Waals surface area contributed by atoms with Gasteiger partial charge in [-0.1, -0.05) is 20.8 Å². The van der Waals surface area contributed by atoms with Crippen LogP contribution in [0.1, 0.15) is 36.2 Å². The topological polar surface area (TPSA) is 80.3 Å². The van der Waals surface area contributed by atoms with Gasteiger partial charge in [0.05, 0.1) is 12.7 Å². The summed E-state index contributed by atoms with van der Waals surface area (Å²) in [6.45, 7) is 5.26. The summed E-state index contributed by atoms with van der Waals surface area (Å²) in [6.07, 6.45) is 1.42. The Hall–Kier alpha value is -2.65. The zero-order chi connectivity index (χ0) is 17.9. The average Bonchev–Trinajstić information content (AvgIpc) is 3.18. The van der Waals surface area contributed by atoms with Gasteiger partial charge in [-0.2, -0.15) is 5.26 Å². The van der Waals surface area contributed by atoms with Gasteiger partial charge < -0.3 is 9.15 Å². The monoisotopic (exact) mass is 343 g/mol. The first-order valence-corrected chi connectivity index (χ1v) is 8.08. The fraction of sp³-hybridized carbons (Fsp3) is 0.278. The van der Waals surface area contributed by atoms with Gasteiger partial charge in [-0.3, -0.25) is 4.79 Å². The molecule has 5 nitrogen and oxygen atoms in total. The lowest BCUT2D eigenvalue weighted by Gasteiger charge is -2.15. The van der Waals surface area contributed by atoms with Gasteiger partial charge in [0.2, 0.25) is 0 Å². The van der Waals surface area contributed by atoms with Gasteiger partial charge in [0.15, 0.2) is 5.78 Å². The van der Waals surface area contributed by atoms with Crippen LogP contribution in [0.3, 0.4) is 0 Å². The molecule has 0 aliphatic heterocycles. The number of rotatable bonds is 4. The van der Waals surface area contributed by atoms with Crippen LogP contribution in [-0.4, -0.2) is 18.9 Å². The van der Waals surface area contributed by atoms with Crippen molar-refractivity contribution in [3.63, 3.8) is 0 Å². The van der Waals surface area contributed by atoms with Crippen LogP contribution >= 0.6 is 11.3 Å². The molecule has 0 saturated carbocycles. The molecule has 2 aromatic rings. The fourth-order valence-corrected chi connectivity index (χ4v) is 2.84. The van der Waals surface area contributed by atoms with Crippen molar-refractivity contribution in [3.8, 4) is 17.4 Å². The van der Waals surface area contributed by atoms with Crippen molar-refractivity contribution >= 4 is 29.2 Å². The van der Waals surface area contributed by atoms with E-state index in [0.717, 1.165) is 0 Å². The third-order valence-corrected chi connectivity index (χ3v) is 4.16. The van der Waals surface area contributed by atoms with E-state index in [-0.39, 0.29) is 11.4 Å². The minimum absolute atomic E-state index is 0.0295. The van der Waals surface area contributed by atoms with Crippen molar-refractivity contribution in [2.45, 2.75) is 20.8 Å². The number of hydrogen-bond acceptors (Lipinski definition) is 6.